The number of benzene rings is 1. The molecule has 0 saturated carbocycles. The zero-order chi connectivity index (χ0) is 19.0. The fraction of sp³-hybridized carbons (Fsp3) is 0.333. The van der Waals surface area contributed by atoms with E-state index in [9.17, 15) is 4.79 Å². The van der Waals surface area contributed by atoms with Crippen LogP contribution < -0.4 is 10.5 Å². The molecule has 3 heterocycles. The molecule has 6 nitrogen and oxygen atoms in total. The van der Waals surface area contributed by atoms with Crippen LogP contribution in [0, 0.1) is 13.8 Å². The Labute approximate surface area is 158 Å². The third-order valence-corrected chi connectivity index (χ3v) is 5.00. The molecule has 0 amide bonds. The van der Waals surface area contributed by atoms with Crippen LogP contribution in [0.2, 0.25) is 0 Å². The van der Waals surface area contributed by atoms with Crippen LogP contribution in [-0.4, -0.2) is 21.1 Å². The maximum absolute atomic E-state index is 13.1. The smallest absolute Gasteiger partial charge is 0.259 e. The number of furan rings is 1. The molecule has 0 radical (unpaired) electrons. The van der Waals surface area contributed by atoms with E-state index in [4.69, 9.17) is 9.40 Å². The Morgan fingerprint density at radius 3 is 2.70 bits per heavy atom. The number of aromatic nitrogens is 2. The van der Waals surface area contributed by atoms with Gasteiger partial charge < -0.3 is 4.42 Å². The number of aryl methyl sites for hydroxylation is 2. The highest BCUT2D eigenvalue weighted by molar-refractivity contribution is 5.59. The van der Waals surface area contributed by atoms with Gasteiger partial charge in [-0.2, -0.15) is 0 Å². The van der Waals surface area contributed by atoms with Crippen LogP contribution in [0.5, 0.6) is 0 Å². The summed E-state index contributed by atoms with van der Waals surface area (Å²) in [6.45, 7) is 7.76. The summed E-state index contributed by atoms with van der Waals surface area (Å²) in [5.74, 6) is 1.59. The van der Waals surface area contributed by atoms with Gasteiger partial charge in [-0.15, -0.1) is 0 Å². The lowest BCUT2D eigenvalue weighted by atomic mass is 10.2. The van der Waals surface area contributed by atoms with Crippen LogP contribution >= 0.6 is 0 Å². The Bertz CT molecular complexity index is 1010. The number of anilines is 2. The SMILES string of the molecule is CCc1c(C)nc2n(c1=O)CN(Cc1ccco1)CN2c1cccc(C)c1. The van der Waals surface area contributed by atoms with E-state index in [2.05, 4.69) is 34.9 Å². The summed E-state index contributed by atoms with van der Waals surface area (Å²) in [6.07, 6.45) is 2.36. The van der Waals surface area contributed by atoms with Gasteiger partial charge in [0.15, 0.2) is 0 Å². The number of nitrogens with zero attached hydrogens (tertiary/aromatic N) is 4. The minimum atomic E-state index is 0.0433. The van der Waals surface area contributed by atoms with Crippen molar-refractivity contribution in [1.29, 1.82) is 0 Å². The second kappa shape index (κ2) is 7.04. The molecule has 0 fully saturated rings. The molecule has 27 heavy (non-hydrogen) atoms. The molecule has 0 saturated heterocycles. The molecule has 4 rings (SSSR count). The Hall–Kier alpha value is -2.86. The third kappa shape index (κ3) is 3.28. The summed E-state index contributed by atoms with van der Waals surface area (Å²) in [5, 5.41) is 0. The molecule has 0 atom stereocenters. The number of rotatable bonds is 4. The second-order valence-electron chi connectivity index (χ2n) is 7.02. The third-order valence-electron chi connectivity index (χ3n) is 5.00. The van der Waals surface area contributed by atoms with Gasteiger partial charge in [0.1, 0.15) is 5.76 Å². The molecular weight excluding hydrogens is 340 g/mol. The van der Waals surface area contributed by atoms with Crippen molar-refractivity contribution in [2.75, 3.05) is 11.6 Å². The molecule has 1 aliphatic heterocycles. The standard InChI is InChI=1S/C21H24N4O2/c1-4-19-16(3)22-21-24(17-8-5-7-15(2)11-17)13-23(14-25(21)20(19)26)12-18-9-6-10-27-18/h5-11H,4,12-14H2,1-3H3. The van der Waals surface area contributed by atoms with E-state index in [0.29, 0.717) is 32.3 Å². The van der Waals surface area contributed by atoms with E-state index in [0.717, 1.165) is 22.7 Å². The van der Waals surface area contributed by atoms with Gasteiger partial charge in [0, 0.05) is 16.9 Å². The van der Waals surface area contributed by atoms with Gasteiger partial charge in [-0.25, -0.2) is 4.98 Å². The molecule has 3 aromatic rings. The molecule has 6 heteroatoms. The van der Waals surface area contributed by atoms with Gasteiger partial charge in [-0.3, -0.25) is 19.2 Å². The summed E-state index contributed by atoms with van der Waals surface area (Å²) in [6, 6.07) is 12.1. The molecule has 2 aromatic heterocycles. The number of hydrogen-bond donors (Lipinski definition) is 0. The predicted octanol–water partition coefficient (Wildman–Crippen LogP) is 3.58. The van der Waals surface area contributed by atoms with Crippen molar-refractivity contribution < 1.29 is 4.42 Å². The van der Waals surface area contributed by atoms with Crippen molar-refractivity contribution >= 4 is 11.6 Å². The van der Waals surface area contributed by atoms with Gasteiger partial charge in [0.25, 0.3) is 5.56 Å². The molecule has 1 aromatic carbocycles. The van der Waals surface area contributed by atoms with Crippen LogP contribution in [0.15, 0.2) is 51.9 Å². The fourth-order valence-electron chi connectivity index (χ4n) is 3.65. The van der Waals surface area contributed by atoms with Crippen molar-refractivity contribution in [2.45, 2.75) is 40.4 Å². The average molecular weight is 364 g/mol. The first-order valence-electron chi connectivity index (χ1n) is 9.26. The monoisotopic (exact) mass is 364 g/mol. The van der Waals surface area contributed by atoms with Gasteiger partial charge in [0.2, 0.25) is 5.95 Å². The highest BCUT2D eigenvalue weighted by Gasteiger charge is 2.28. The minimum Gasteiger partial charge on any atom is -0.468 e. The van der Waals surface area contributed by atoms with Crippen LogP contribution in [0.4, 0.5) is 11.6 Å². The Balaban J connectivity index is 1.82. The molecule has 140 valence electrons. The highest BCUT2D eigenvalue weighted by Crippen LogP contribution is 2.29. The molecule has 0 spiro atoms. The minimum absolute atomic E-state index is 0.0433. The first-order valence-corrected chi connectivity index (χ1v) is 9.26. The van der Waals surface area contributed by atoms with E-state index < -0.39 is 0 Å². The van der Waals surface area contributed by atoms with Gasteiger partial charge in [0.05, 0.1) is 26.1 Å². The fourth-order valence-corrected chi connectivity index (χ4v) is 3.65. The molecule has 0 aliphatic carbocycles. The summed E-state index contributed by atoms with van der Waals surface area (Å²) >= 11 is 0. The van der Waals surface area contributed by atoms with E-state index in [1.54, 1.807) is 10.8 Å². The van der Waals surface area contributed by atoms with Crippen LogP contribution in [-0.2, 0) is 19.6 Å². The van der Waals surface area contributed by atoms with Crippen molar-refractivity contribution in [3.63, 3.8) is 0 Å². The summed E-state index contributed by atoms with van der Waals surface area (Å²) in [7, 11) is 0. The van der Waals surface area contributed by atoms with E-state index in [1.165, 1.54) is 5.56 Å². The topological polar surface area (TPSA) is 54.5 Å². The number of fused-ring (bicyclic) bond motifs is 1. The zero-order valence-corrected chi connectivity index (χ0v) is 16.0. The van der Waals surface area contributed by atoms with Gasteiger partial charge >= 0.3 is 0 Å². The molecule has 1 aliphatic rings. The quantitative estimate of drug-likeness (QED) is 0.708. The first-order chi connectivity index (χ1) is 13.1. The Kier molecular flexibility index (Phi) is 4.58. The molecule has 0 unspecified atom stereocenters. The summed E-state index contributed by atoms with van der Waals surface area (Å²) < 4.78 is 7.29. The van der Waals surface area contributed by atoms with Crippen LogP contribution in [0.1, 0.15) is 29.5 Å². The van der Waals surface area contributed by atoms with E-state index >= 15 is 0 Å². The lowest BCUT2D eigenvalue weighted by Crippen LogP contribution is -2.47. The second-order valence-corrected chi connectivity index (χ2v) is 7.02. The lowest BCUT2D eigenvalue weighted by Gasteiger charge is -2.38. The first kappa shape index (κ1) is 17.5. The molecular formula is C21H24N4O2. The normalized spacial score (nSPS) is 14.4. The number of hydrogen-bond acceptors (Lipinski definition) is 5. The Morgan fingerprint density at radius 2 is 2.00 bits per heavy atom. The Morgan fingerprint density at radius 1 is 1.15 bits per heavy atom. The predicted molar refractivity (Wildman–Crippen MR) is 105 cm³/mol. The average Bonchev–Trinajstić information content (AvgIpc) is 3.15. The van der Waals surface area contributed by atoms with Gasteiger partial charge in [-0.1, -0.05) is 19.1 Å². The van der Waals surface area contributed by atoms with Crippen LogP contribution in [0.25, 0.3) is 0 Å². The lowest BCUT2D eigenvalue weighted by molar-refractivity contribution is 0.176. The summed E-state index contributed by atoms with van der Waals surface area (Å²) in [4.78, 5) is 22.2. The van der Waals surface area contributed by atoms with Crippen molar-refractivity contribution in [1.82, 2.24) is 14.5 Å². The highest BCUT2D eigenvalue weighted by atomic mass is 16.3. The maximum Gasteiger partial charge on any atom is 0.259 e. The van der Waals surface area contributed by atoms with Crippen molar-refractivity contribution in [3.8, 4) is 0 Å². The largest absolute Gasteiger partial charge is 0.468 e. The van der Waals surface area contributed by atoms with Crippen molar-refractivity contribution in [2.24, 2.45) is 0 Å². The summed E-state index contributed by atoms with van der Waals surface area (Å²) in [5.41, 5.74) is 3.84. The maximum atomic E-state index is 13.1. The van der Waals surface area contributed by atoms with Gasteiger partial charge in [-0.05, 0) is 50.1 Å². The van der Waals surface area contributed by atoms with E-state index in [-0.39, 0.29) is 5.56 Å². The molecule has 0 N–H and O–H groups in total. The molecule has 0 bridgehead atoms. The van der Waals surface area contributed by atoms with E-state index in [1.807, 2.05) is 32.0 Å². The van der Waals surface area contributed by atoms with Crippen molar-refractivity contribution in [3.05, 3.63) is 75.6 Å². The zero-order valence-electron chi connectivity index (χ0n) is 16.0. The van der Waals surface area contributed by atoms with Crippen LogP contribution in [0.3, 0.4) is 0 Å².